The molecule has 1 heteroatoms. The minimum Gasteiger partial charge on any atom is -0.140 e. The Bertz CT molecular complexity index is 839. The van der Waals surface area contributed by atoms with Gasteiger partial charge in [0.2, 0.25) is 0 Å². The Balaban J connectivity index is 1.72. The van der Waals surface area contributed by atoms with Crippen molar-refractivity contribution in [1.82, 2.24) is 0 Å². The first-order chi connectivity index (χ1) is 11.5. The minimum atomic E-state index is 0.439. The van der Waals surface area contributed by atoms with Crippen LogP contribution >= 0.6 is 11.3 Å². The predicted molar refractivity (Wildman–Crippen MR) is 108 cm³/mol. The second-order valence-electron chi connectivity index (χ2n) is 6.56. The summed E-state index contributed by atoms with van der Waals surface area (Å²) in [6.45, 7) is 11.0. The molecule has 0 saturated carbocycles. The molecule has 0 aliphatic heterocycles. The van der Waals surface area contributed by atoms with Crippen molar-refractivity contribution in [1.29, 1.82) is 0 Å². The molecule has 3 aromatic rings. The van der Waals surface area contributed by atoms with Crippen molar-refractivity contribution in [2.45, 2.75) is 27.2 Å². The summed E-state index contributed by atoms with van der Waals surface area (Å²) in [6.07, 6.45) is 1.04. The summed E-state index contributed by atoms with van der Waals surface area (Å²) >= 11 is 1.89. The van der Waals surface area contributed by atoms with E-state index in [0.29, 0.717) is 5.92 Å². The molecule has 0 aliphatic carbocycles. The summed E-state index contributed by atoms with van der Waals surface area (Å²) in [6, 6.07) is 21.8. The first-order valence-electron chi connectivity index (χ1n) is 8.45. The Morgan fingerprint density at radius 3 is 2.42 bits per heavy atom. The average molecular weight is 333 g/mol. The molecule has 122 valence electrons. The number of aryl methyl sites for hydroxylation is 2. The van der Waals surface area contributed by atoms with Gasteiger partial charge in [-0.25, -0.2) is 0 Å². The summed E-state index contributed by atoms with van der Waals surface area (Å²) in [5.41, 5.74) is 6.47. The topological polar surface area (TPSA) is 0 Å². The van der Waals surface area contributed by atoms with Crippen LogP contribution in [0.4, 0.5) is 0 Å². The smallest absolute Gasteiger partial charge is 0.0345 e. The molecule has 2 aromatic carbocycles. The molecule has 0 radical (unpaired) electrons. The molecule has 0 nitrogen and oxygen atoms in total. The van der Waals surface area contributed by atoms with Crippen LogP contribution in [0.3, 0.4) is 0 Å². The van der Waals surface area contributed by atoms with Gasteiger partial charge in [-0.1, -0.05) is 62.0 Å². The van der Waals surface area contributed by atoms with E-state index in [1.165, 1.54) is 37.6 Å². The zero-order valence-corrected chi connectivity index (χ0v) is 15.5. The lowest BCUT2D eigenvalue weighted by atomic mass is 9.91. The van der Waals surface area contributed by atoms with E-state index >= 15 is 0 Å². The molecule has 3 rings (SSSR count). The van der Waals surface area contributed by atoms with Crippen molar-refractivity contribution >= 4 is 16.9 Å². The van der Waals surface area contributed by atoms with Crippen LogP contribution in [-0.2, 0) is 6.42 Å². The van der Waals surface area contributed by atoms with Crippen molar-refractivity contribution in [2.75, 3.05) is 0 Å². The molecule has 0 N–H and O–H groups in total. The summed E-state index contributed by atoms with van der Waals surface area (Å²) in [4.78, 5) is 2.76. The molecular weight excluding hydrogens is 308 g/mol. The summed E-state index contributed by atoms with van der Waals surface area (Å²) in [7, 11) is 0. The fraction of sp³-hybridized carbons (Fsp3) is 0.217. The molecule has 0 bridgehead atoms. The summed E-state index contributed by atoms with van der Waals surface area (Å²) in [5.74, 6) is 0.439. The monoisotopic (exact) mass is 332 g/mol. The van der Waals surface area contributed by atoms with Gasteiger partial charge in [0.1, 0.15) is 0 Å². The van der Waals surface area contributed by atoms with E-state index in [-0.39, 0.29) is 0 Å². The van der Waals surface area contributed by atoms with E-state index in [1.807, 2.05) is 11.3 Å². The highest BCUT2D eigenvalue weighted by molar-refractivity contribution is 7.15. The molecule has 24 heavy (non-hydrogen) atoms. The molecule has 0 fully saturated rings. The quantitative estimate of drug-likeness (QED) is 0.475. The van der Waals surface area contributed by atoms with E-state index in [0.717, 1.165) is 6.42 Å². The highest BCUT2D eigenvalue weighted by Crippen LogP contribution is 2.32. The molecule has 0 spiro atoms. The van der Waals surface area contributed by atoms with Crippen LogP contribution in [0.25, 0.3) is 16.0 Å². The van der Waals surface area contributed by atoms with Crippen LogP contribution in [0.5, 0.6) is 0 Å². The zero-order chi connectivity index (χ0) is 17.1. The summed E-state index contributed by atoms with van der Waals surface area (Å²) < 4.78 is 0. The highest BCUT2D eigenvalue weighted by Gasteiger charge is 2.12. The van der Waals surface area contributed by atoms with Crippen LogP contribution < -0.4 is 0 Å². The Hall–Kier alpha value is -2.12. The molecule has 1 unspecified atom stereocenters. The fourth-order valence-electron chi connectivity index (χ4n) is 2.90. The third kappa shape index (κ3) is 3.68. The maximum Gasteiger partial charge on any atom is 0.0345 e. The second kappa shape index (κ2) is 7.19. The van der Waals surface area contributed by atoms with Gasteiger partial charge in [0, 0.05) is 9.75 Å². The van der Waals surface area contributed by atoms with Gasteiger partial charge in [-0.15, -0.1) is 11.3 Å². The van der Waals surface area contributed by atoms with Crippen molar-refractivity contribution in [3.05, 3.63) is 88.8 Å². The number of hydrogen-bond donors (Lipinski definition) is 0. The van der Waals surface area contributed by atoms with Gasteiger partial charge in [0.25, 0.3) is 0 Å². The lowest BCUT2D eigenvalue weighted by Crippen LogP contribution is -2.01. The van der Waals surface area contributed by atoms with Crippen molar-refractivity contribution in [3.8, 4) is 10.4 Å². The van der Waals surface area contributed by atoms with Crippen LogP contribution in [-0.4, -0.2) is 0 Å². The SMILES string of the molecule is C=C(c1ccc(C)c(C)c1)C(C)Cc1ccc(-c2ccccc2)s1. The van der Waals surface area contributed by atoms with E-state index < -0.39 is 0 Å². The van der Waals surface area contributed by atoms with Crippen molar-refractivity contribution < 1.29 is 0 Å². The molecule has 0 aliphatic rings. The highest BCUT2D eigenvalue weighted by atomic mass is 32.1. The third-order valence-corrected chi connectivity index (χ3v) is 5.86. The fourth-order valence-corrected chi connectivity index (χ4v) is 4.04. The largest absolute Gasteiger partial charge is 0.140 e. The van der Waals surface area contributed by atoms with Gasteiger partial charge in [-0.2, -0.15) is 0 Å². The number of thiophene rings is 1. The summed E-state index contributed by atoms with van der Waals surface area (Å²) in [5, 5.41) is 0. The zero-order valence-electron chi connectivity index (χ0n) is 14.7. The number of allylic oxidation sites excluding steroid dienone is 1. The van der Waals surface area contributed by atoms with Gasteiger partial charge < -0.3 is 0 Å². The van der Waals surface area contributed by atoms with Gasteiger partial charge in [-0.3, -0.25) is 0 Å². The van der Waals surface area contributed by atoms with E-state index in [9.17, 15) is 0 Å². The molecule has 0 amide bonds. The van der Waals surface area contributed by atoms with E-state index in [2.05, 4.69) is 88.0 Å². The van der Waals surface area contributed by atoms with Crippen molar-refractivity contribution in [3.63, 3.8) is 0 Å². The molecular formula is C23H24S. The van der Waals surface area contributed by atoms with Crippen LogP contribution in [0, 0.1) is 19.8 Å². The van der Waals surface area contributed by atoms with E-state index in [4.69, 9.17) is 0 Å². The third-order valence-electron chi connectivity index (χ3n) is 4.70. The molecule has 0 saturated heterocycles. The maximum absolute atomic E-state index is 4.36. The molecule has 1 atom stereocenters. The first kappa shape index (κ1) is 16.7. The Labute approximate surface area is 149 Å². The van der Waals surface area contributed by atoms with Gasteiger partial charge in [-0.05, 0) is 66.1 Å². The second-order valence-corrected chi connectivity index (χ2v) is 7.73. The number of benzene rings is 2. The lowest BCUT2D eigenvalue weighted by Gasteiger charge is -2.15. The minimum absolute atomic E-state index is 0.439. The normalized spacial score (nSPS) is 12.1. The number of hydrogen-bond acceptors (Lipinski definition) is 1. The van der Waals surface area contributed by atoms with Gasteiger partial charge in [0.05, 0.1) is 0 Å². The van der Waals surface area contributed by atoms with Crippen LogP contribution in [0.1, 0.15) is 28.5 Å². The first-order valence-corrected chi connectivity index (χ1v) is 9.27. The predicted octanol–water partition coefficient (Wildman–Crippen LogP) is 6.92. The molecule has 1 aromatic heterocycles. The van der Waals surface area contributed by atoms with E-state index in [1.54, 1.807) is 0 Å². The Morgan fingerprint density at radius 2 is 1.71 bits per heavy atom. The maximum atomic E-state index is 4.36. The Kier molecular flexibility index (Phi) is 5.01. The molecule has 1 heterocycles. The number of rotatable bonds is 5. The van der Waals surface area contributed by atoms with Gasteiger partial charge >= 0.3 is 0 Å². The van der Waals surface area contributed by atoms with Gasteiger partial charge in [0.15, 0.2) is 0 Å². The lowest BCUT2D eigenvalue weighted by molar-refractivity contribution is 0.755. The standard InChI is InChI=1S/C23H24S/c1-16-10-11-21(14-17(16)2)19(4)18(3)15-22-12-13-23(24-22)20-8-6-5-7-9-20/h5-14,18H,4,15H2,1-3H3. The van der Waals surface area contributed by atoms with Crippen LogP contribution in [0.15, 0.2) is 67.2 Å². The van der Waals surface area contributed by atoms with Crippen molar-refractivity contribution in [2.24, 2.45) is 5.92 Å². The average Bonchev–Trinajstić information content (AvgIpc) is 3.06. The Morgan fingerprint density at radius 1 is 0.958 bits per heavy atom. The van der Waals surface area contributed by atoms with Crippen LogP contribution in [0.2, 0.25) is 0 Å².